The summed E-state index contributed by atoms with van der Waals surface area (Å²) in [5.41, 5.74) is 6.32. The van der Waals surface area contributed by atoms with Crippen LogP contribution < -0.4 is 11.1 Å². The molecule has 3 N–H and O–H groups in total. The fourth-order valence-electron chi connectivity index (χ4n) is 5.35. The average Bonchev–Trinajstić information content (AvgIpc) is 2.34. The lowest BCUT2D eigenvalue weighted by Gasteiger charge is -2.57. The molecule has 0 radical (unpaired) electrons. The van der Waals surface area contributed by atoms with E-state index < -0.39 is 0 Å². The Balaban J connectivity index is 1.56. The lowest BCUT2D eigenvalue weighted by molar-refractivity contribution is -0.124. The second-order valence-corrected chi connectivity index (χ2v) is 7.53. The second kappa shape index (κ2) is 5.08. The van der Waals surface area contributed by atoms with Crippen LogP contribution in [0, 0.1) is 23.2 Å². The molecule has 3 heteroatoms. The summed E-state index contributed by atoms with van der Waals surface area (Å²) in [6, 6.07) is -0.307. The van der Waals surface area contributed by atoms with Gasteiger partial charge < -0.3 is 11.1 Å². The molecule has 0 spiro atoms. The van der Waals surface area contributed by atoms with Crippen LogP contribution in [0.25, 0.3) is 0 Å². The number of amides is 1. The molecule has 108 valence electrons. The highest BCUT2D eigenvalue weighted by Crippen LogP contribution is 2.59. The number of rotatable bonds is 5. The number of hydrogen-bond acceptors (Lipinski definition) is 2. The third kappa shape index (κ3) is 2.67. The maximum atomic E-state index is 12.0. The first-order valence-corrected chi connectivity index (χ1v) is 8.13. The minimum absolute atomic E-state index is 0.0672. The lowest BCUT2D eigenvalue weighted by Crippen LogP contribution is -2.53. The molecule has 4 saturated carbocycles. The van der Waals surface area contributed by atoms with E-state index in [-0.39, 0.29) is 11.9 Å². The highest BCUT2D eigenvalue weighted by molar-refractivity contribution is 5.81. The van der Waals surface area contributed by atoms with Gasteiger partial charge in [0.25, 0.3) is 0 Å². The zero-order valence-electron chi connectivity index (χ0n) is 12.2. The van der Waals surface area contributed by atoms with Crippen molar-refractivity contribution < 1.29 is 4.79 Å². The average molecular weight is 264 g/mol. The molecule has 0 saturated heterocycles. The molecular weight excluding hydrogens is 236 g/mol. The van der Waals surface area contributed by atoms with Crippen molar-refractivity contribution in [1.82, 2.24) is 5.32 Å². The molecule has 4 rings (SSSR count). The van der Waals surface area contributed by atoms with Gasteiger partial charge in [-0.15, -0.1) is 0 Å². The molecule has 0 aliphatic heterocycles. The summed E-state index contributed by atoms with van der Waals surface area (Å²) in [5, 5.41) is 3.16. The normalized spacial score (nSPS) is 41.3. The van der Waals surface area contributed by atoms with E-state index in [0.29, 0.717) is 5.41 Å². The van der Waals surface area contributed by atoms with E-state index in [4.69, 9.17) is 5.73 Å². The lowest BCUT2D eigenvalue weighted by atomic mass is 9.49. The van der Waals surface area contributed by atoms with Crippen LogP contribution in [0.15, 0.2) is 0 Å². The van der Waals surface area contributed by atoms with Gasteiger partial charge in [0.2, 0.25) is 5.91 Å². The Bertz CT molecular complexity index is 317. The van der Waals surface area contributed by atoms with Crippen molar-refractivity contribution in [2.45, 2.75) is 64.3 Å². The molecule has 4 bridgehead atoms. The Hall–Kier alpha value is -0.570. The standard InChI is InChI=1S/C16H28N2O/c1-2-3-14(17)15(19)18-10-16-7-11-4-12(8-16)6-13(5-11)9-16/h11-14H,2-10,17H2,1H3,(H,18,19)/t11?,12?,13?,14-,16?/m0/s1. The van der Waals surface area contributed by atoms with Gasteiger partial charge in [-0.3, -0.25) is 4.79 Å². The molecular formula is C16H28N2O. The van der Waals surface area contributed by atoms with Crippen molar-refractivity contribution in [3.8, 4) is 0 Å². The van der Waals surface area contributed by atoms with Crippen molar-refractivity contribution in [1.29, 1.82) is 0 Å². The fraction of sp³-hybridized carbons (Fsp3) is 0.938. The van der Waals surface area contributed by atoms with E-state index in [1.165, 1.54) is 38.5 Å². The smallest absolute Gasteiger partial charge is 0.236 e. The highest BCUT2D eigenvalue weighted by Gasteiger charge is 2.50. The summed E-state index contributed by atoms with van der Waals surface area (Å²) in [6.45, 7) is 2.96. The Morgan fingerprint density at radius 2 is 1.74 bits per heavy atom. The zero-order chi connectivity index (χ0) is 13.5. The monoisotopic (exact) mass is 264 g/mol. The summed E-state index contributed by atoms with van der Waals surface area (Å²) in [4.78, 5) is 12.0. The highest BCUT2D eigenvalue weighted by atomic mass is 16.2. The first kappa shape index (κ1) is 13.4. The van der Waals surface area contributed by atoms with Crippen molar-refractivity contribution in [2.75, 3.05) is 6.54 Å². The van der Waals surface area contributed by atoms with Crippen LogP contribution in [-0.4, -0.2) is 18.5 Å². The predicted octanol–water partition coefficient (Wildman–Crippen LogP) is 2.45. The Kier molecular flexibility index (Phi) is 3.59. The predicted molar refractivity (Wildman–Crippen MR) is 76.5 cm³/mol. The van der Waals surface area contributed by atoms with Gasteiger partial charge in [-0.05, 0) is 68.1 Å². The summed E-state index contributed by atoms with van der Waals surface area (Å²) < 4.78 is 0. The SMILES string of the molecule is CCC[C@H](N)C(=O)NCC12CC3CC(CC(C3)C1)C2. The first-order chi connectivity index (χ1) is 9.10. The number of nitrogens with two attached hydrogens (primary N) is 1. The molecule has 3 nitrogen and oxygen atoms in total. The van der Waals surface area contributed by atoms with Crippen LogP contribution >= 0.6 is 0 Å². The third-order valence-electron chi connectivity index (χ3n) is 5.74. The van der Waals surface area contributed by atoms with Crippen LogP contribution in [0.4, 0.5) is 0 Å². The van der Waals surface area contributed by atoms with Gasteiger partial charge in [-0.1, -0.05) is 13.3 Å². The zero-order valence-corrected chi connectivity index (χ0v) is 12.2. The maximum absolute atomic E-state index is 12.0. The molecule has 4 aliphatic rings. The van der Waals surface area contributed by atoms with E-state index in [2.05, 4.69) is 12.2 Å². The van der Waals surface area contributed by atoms with Gasteiger partial charge in [0.05, 0.1) is 6.04 Å². The number of carbonyl (C=O) groups is 1. The largest absolute Gasteiger partial charge is 0.354 e. The topological polar surface area (TPSA) is 55.1 Å². The molecule has 0 heterocycles. The van der Waals surface area contributed by atoms with Crippen molar-refractivity contribution in [3.63, 3.8) is 0 Å². The summed E-state index contributed by atoms with van der Waals surface area (Å²) in [5.74, 6) is 2.92. The number of hydrogen-bond donors (Lipinski definition) is 2. The van der Waals surface area contributed by atoms with E-state index in [1.54, 1.807) is 0 Å². The van der Waals surface area contributed by atoms with Crippen molar-refractivity contribution in [2.24, 2.45) is 28.9 Å². The van der Waals surface area contributed by atoms with Crippen LogP contribution in [0.2, 0.25) is 0 Å². The Morgan fingerprint density at radius 3 is 2.21 bits per heavy atom. The van der Waals surface area contributed by atoms with Crippen molar-refractivity contribution in [3.05, 3.63) is 0 Å². The van der Waals surface area contributed by atoms with E-state index in [9.17, 15) is 4.79 Å². The van der Waals surface area contributed by atoms with Gasteiger partial charge in [0.1, 0.15) is 0 Å². The van der Waals surface area contributed by atoms with Crippen LogP contribution in [0.1, 0.15) is 58.3 Å². The molecule has 19 heavy (non-hydrogen) atoms. The Morgan fingerprint density at radius 1 is 1.21 bits per heavy atom. The summed E-state index contributed by atoms with van der Waals surface area (Å²) >= 11 is 0. The quantitative estimate of drug-likeness (QED) is 0.801. The third-order valence-corrected chi connectivity index (χ3v) is 5.74. The molecule has 1 atom stereocenters. The fourth-order valence-corrected chi connectivity index (χ4v) is 5.35. The maximum Gasteiger partial charge on any atom is 0.236 e. The van der Waals surface area contributed by atoms with Crippen LogP contribution in [0.5, 0.6) is 0 Å². The molecule has 4 aliphatic carbocycles. The minimum atomic E-state index is -0.307. The van der Waals surface area contributed by atoms with Gasteiger partial charge in [0.15, 0.2) is 0 Å². The molecule has 1 amide bonds. The van der Waals surface area contributed by atoms with Crippen LogP contribution in [-0.2, 0) is 4.79 Å². The van der Waals surface area contributed by atoms with Gasteiger partial charge in [-0.2, -0.15) is 0 Å². The van der Waals surface area contributed by atoms with Gasteiger partial charge in [0, 0.05) is 6.54 Å². The molecule has 4 fully saturated rings. The number of carbonyl (C=O) groups excluding carboxylic acids is 1. The number of nitrogens with one attached hydrogen (secondary N) is 1. The summed E-state index contributed by atoms with van der Waals surface area (Å²) in [6.07, 6.45) is 10.2. The van der Waals surface area contributed by atoms with Gasteiger partial charge >= 0.3 is 0 Å². The van der Waals surface area contributed by atoms with Crippen molar-refractivity contribution >= 4 is 5.91 Å². The minimum Gasteiger partial charge on any atom is -0.354 e. The summed E-state index contributed by atoms with van der Waals surface area (Å²) in [7, 11) is 0. The van der Waals surface area contributed by atoms with E-state index >= 15 is 0 Å². The van der Waals surface area contributed by atoms with Gasteiger partial charge in [-0.25, -0.2) is 0 Å². The first-order valence-electron chi connectivity index (χ1n) is 8.13. The molecule has 0 aromatic carbocycles. The van der Waals surface area contributed by atoms with E-state index in [0.717, 1.165) is 37.1 Å². The second-order valence-electron chi connectivity index (χ2n) is 7.53. The Labute approximate surface area is 116 Å². The molecule has 0 unspecified atom stereocenters. The molecule has 0 aromatic rings. The van der Waals surface area contributed by atoms with Crippen LogP contribution in [0.3, 0.4) is 0 Å². The van der Waals surface area contributed by atoms with E-state index in [1.807, 2.05) is 0 Å². The molecule has 0 aromatic heterocycles.